The van der Waals surface area contributed by atoms with Gasteiger partial charge < -0.3 is 10.3 Å². The lowest BCUT2D eigenvalue weighted by atomic mass is 10.1. The molecular weight excluding hydrogens is 474 g/mol. The summed E-state index contributed by atoms with van der Waals surface area (Å²) in [5.41, 5.74) is 8.29. The normalized spacial score (nSPS) is 12.4. The van der Waals surface area contributed by atoms with Gasteiger partial charge in [-0.05, 0) is 62.6 Å². The number of hydrogen-bond donors (Lipinski definition) is 3. The zero-order chi connectivity index (χ0) is 26.6. The van der Waals surface area contributed by atoms with E-state index in [0.29, 0.717) is 17.3 Å². The van der Waals surface area contributed by atoms with Crippen molar-refractivity contribution in [1.82, 2.24) is 45.0 Å². The van der Waals surface area contributed by atoms with E-state index >= 15 is 0 Å². The molecule has 0 bridgehead atoms. The van der Waals surface area contributed by atoms with E-state index in [4.69, 9.17) is 9.97 Å². The van der Waals surface area contributed by atoms with Crippen LogP contribution in [0, 0.1) is 6.92 Å². The number of hydrogen-bond acceptors (Lipinski definition) is 6. The number of aryl methyl sites for hydroxylation is 1. The van der Waals surface area contributed by atoms with Crippen molar-refractivity contribution in [3.63, 3.8) is 0 Å². The maximum absolute atomic E-state index is 4.97. The predicted molar refractivity (Wildman–Crippen MR) is 152 cm³/mol. The molecule has 0 aliphatic heterocycles. The van der Waals surface area contributed by atoms with Crippen molar-refractivity contribution in [1.29, 1.82) is 0 Å². The molecule has 0 aliphatic carbocycles. The van der Waals surface area contributed by atoms with Crippen LogP contribution in [-0.2, 0) is 0 Å². The first-order chi connectivity index (χ1) is 18.5. The average molecular weight is 506 g/mol. The van der Waals surface area contributed by atoms with Gasteiger partial charge in [-0.1, -0.05) is 32.6 Å². The second kappa shape index (κ2) is 10.7. The van der Waals surface area contributed by atoms with Crippen LogP contribution in [0.4, 0.5) is 0 Å². The zero-order valence-electron chi connectivity index (χ0n) is 21.9. The predicted octanol–water partition coefficient (Wildman–Crippen LogP) is 6.16. The van der Waals surface area contributed by atoms with Crippen LogP contribution < -0.4 is 5.32 Å². The maximum atomic E-state index is 4.97. The first kappa shape index (κ1) is 24.9. The highest BCUT2D eigenvalue weighted by molar-refractivity contribution is 5.92. The number of nitrogens with one attached hydrogen (secondary N) is 3. The van der Waals surface area contributed by atoms with E-state index in [2.05, 4.69) is 50.5 Å². The van der Waals surface area contributed by atoms with Gasteiger partial charge in [0.2, 0.25) is 0 Å². The van der Waals surface area contributed by atoms with E-state index in [9.17, 15) is 0 Å². The first-order valence-corrected chi connectivity index (χ1v) is 12.7. The minimum Gasteiger partial charge on any atom is -0.359 e. The Morgan fingerprint density at radius 1 is 1.13 bits per heavy atom. The van der Waals surface area contributed by atoms with E-state index < -0.39 is 0 Å². The van der Waals surface area contributed by atoms with Gasteiger partial charge in [-0.25, -0.2) is 19.9 Å². The summed E-state index contributed by atoms with van der Waals surface area (Å²) < 4.78 is 1.87. The number of aromatic nitrogens is 8. The molecule has 0 fully saturated rings. The highest BCUT2D eigenvalue weighted by Crippen LogP contribution is 2.28. The second-order valence-electron chi connectivity index (χ2n) is 9.08. The van der Waals surface area contributed by atoms with E-state index in [1.54, 1.807) is 18.6 Å². The number of allylic oxidation sites excluding steroid dienone is 5. The topological polar surface area (TPSA) is 113 Å². The molecule has 9 heteroatoms. The second-order valence-corrected chi connectivity index (χ2v) is 9.08. The minimum absolute atomic E-state index is 0.611. The Labute approximate surface area is 221 Å². The summed E-state index contributed by atoms with van der Waals surface area (Å²) >= 11 is 0. The highest BCUT2D eigenvalue weighted by atomic mass is 15.2. The molecular formula is C29H31N9. The molecule has 0 unspecified atom stereocenters. The molecule has 5 heterocycles. The van der Waals surface area contributed by atoms with Gasteiger partial charge in [-0.3, -0.25) is 9.67 Å². The number of fused-ring (bicyclic) bond motifs is 2. The van der Waals surface area contributed by atoms with Crippen molar-refractivity contribution in [3.8, 4) is 17.3 Å². The van der Waals surface area contributed by atoms with Gasteiger partial charge in [0.05, 0.1) is 22.4 Å². The molecule has 38 heavy (non-hydrogen) atoms. The first-order valence-electron chi connectivity index (χ1n) is 12.7. The lowest BCUT2D eigenvalue weighted by Crippen LogP contribution is -2.10. The number of pyridine rings is 2. The third kappa shape index (κ3) is 4.90. The van der Waals surface area contributed by atoms with Crippen LogP contribution in [0.25, 0.3) is 45.0 Å². The third-order valence-corrected chi connectivity index (χ3v) is 6.26. The van der Waals surface area contributed by atoms with E-state index in [-0.39, 0.29) is 0 Å². The van der Waals surface area contributed by atoms with E-state index in [1.165, 1.54) is 0 Å². The number of aromatic amines is 2. The Bertz CT molecular complexity index is 1690. The third-order valence-electron chi connectivity index (χ3n) is 6.26. The molecule has 5 aromatic rings. The number of H-pyrrole nitrogens is 2. The summed E-state index contributed by atoms with van der Waals surface area (Å²) in [5.74, 6) is 1.31. The van der Waals surface area contributed by atoms with Gasteiger partial charge >= 0.3 is 0 Å². The molecule has 0 saturated heterocycles. The minimum atomic E-state index is 0.611. The summed E-state index contributed by atoms with van der Waals surface area (Å²) in [6.07, 6.45) is 14.4. The Morgan fingerprint density at radius 3 is 2.74 bits per heavy atom. The molecule has 5 aromatic heterocycles. The van der Waals surface area contributed by atoms with Crippen LogP contribution in [-0.4, -0.2) is 39.7 Å². The lowest BCUT2D eigenvalue weighted by molar-refractivity contribution is 0.751. The van der Waals surface area contributed by atoms with Gasteiger partial charge in [0.1, 0.15) is 17.4 Å². The monoisotopic (exact) mass is 505 g/mol. The van der Waals surface area contributed by atoms with Crippen LogP contribution >= 0.6 is 0 Å². The number of rotatable bonds is 10. The summed E-state index contributed by atoms with van der Waals surface area (Å²) in [6, 6.07) is 5.86. The standard InChI is InChI=1S/C29H31N9/c1-6-9-10-18(4)32-21(8-3)15-20(7-2)22-11-12-24-25(33-22)27(37-36-24)28-34-23-13-14-30-29(26(23)35-28)38-16-19(5)31-17-38/h7-8,11-17,32H,3-4,6,9-10H2,1-2,5H3,(H,34,35)(H,36,37)/b20-7+,21-15+. The Balaban J connectivity index is 1.51. The molecule has 0 atom stereocenters. The van der Waals surface area contributed by atoms with Crippen molar-refractivity contribution < 1.29 is 0 Å². The van der Waals surface area contributed by atoms with Crippen LogP contribution in [0.2, 0.25) is 0 Å². The van der Waals surface area contributed by atoms with Crippen molar-refractivity contribution >= 4 is 27.6 Å². The fourth-order valence-electron chi connectivity index (χ4n) is 4.26. The fraction of sp³-hybridized carbons (Fsp3) is 0.207. The van der Waals surface area contributed by atoms with Gasteiger partial charge in [0, 0.05) is 23.8 Å². The molecule has 0 radical (unpaired) electrons. The van der Waals surface area contributed by atoms with Gasteiger partial charge in [0.25, 0.3) is 0 Å². The van der Waals surface area contributed by atoms with Gasteiger partial charge in [-0.15, -0.1) is 0 Å². The molecule has 5 rings (SSSR count). The smallest absolute Gasteiger partial charge is 0.166 e. The summed E-state index contributed by atoms with van der Waals surface area (Å²) in [6.45, 7) is 14.2. The van der Waals surface area contributed by atoms with E-state index in [1.807, 2.05) is 55.0 Å². The van der Waals surface area contributed by atoms with Crippen molar-refractivity contribution in [2.45, 2.75) is 40.0 Å². The Morgan fingerprint density at radius 2 is 2.00 bits per heavy atom. The van der Waals surface area contributed by atoms with Gasteiger partial charge in [0.15, 0.2) is 17.3 Å². The van der Waals surface area contributed by atoms with Crippen molar-refractivity contribution in [2.75, 3.05) is 0 Å². The molecule has 0 spiro atoms. The molecule has 0 saturated carbocycles. The number of nitrogens with zero attached hydrogens (tertiary/aromatic N) is 6. The van der Waals surface area contributed by atoms with Crippen LogP contribution in [0.3, 0.4) is 0 Å². The van der Waals surface area contributed by atoms with Crippen LogP contribution in [0.1, 0.15) is 44.5 Å². The number of unbranched alkanes of at least 4 members (excludes halogenated alkanes) is 1. The molecule has 3 N–H and O–H groups in total. The molecule has 0 amide bonds. The van der Waals surface area contributed by atoms with Crippen LogP contribution in [0.15, 0.2) is 79.7 Å². The number of imidazole rings is 2. The van der Waals surface area contributed by atoms with Crippen molar-refractivity contribution in [2.24, 2.45) is 0 Å². The summed E-state index contributed by atoms with van der Waals surface area (Å²) in [4.78, 5) is 22.1. The zero-order valence-corrected chi connectivity index (χ0v) is 21.9. The molecule has 0 aliphatic rings. The van der Waals surface area contributed by atoms with Gasteiger partial charge in [-0.2, -0.15) is 5.10 Å². The Hall–Kier alpha value is -4.79. The molecule has 9 nitrogen and oxygen atoms in total. The lowest BCUT2D eigenvalue weighted by Gasteiger charge is -2.11. The Kier molecular flexibility index (Phi) is 6.99. The van der Waals surface area contributed by atoms with Crippen LogP contribution in [0.5, 0.6) is 0 Å². The molecule has 0 aromatic carbocycles. The maximum Gasteiger partial charge on any atom is 0.166 e. The largest absolute Gasteiger partial charge is 0.359 e. The summed E-state index contributed by atoms with van der Waals surface area (Å²) in [7, 11) is 0. The highest BCUT2D eigenvalue weighted by Gasteiger charge is 2.17. The average Bonchev–Trinajstić information content (AvgIpc) is 3.66. The fourth-order valence-corrected chi connectivity index (χ4v) is 4.26. The van der Waals surface area contributed by atoms with Crippen molar-refractivity contribution in [3.05, 3.63) is 91.1 Å². The SMILES string of the molecule is C=C/C(=C\C(=C/C)c1ccc2[nH]nc(-c3nc4c(-n5cnc(C)c5)nccc4[nH]3)c2n1)NC(=C)CCCC. The summed E-state index contributed by atoms with van der Waals surface area (Å²) in [5, 5.41) is 11.0. The molecule has 192 valence electrons. The van der Waals surface area contributed by atoms with E-state index in [0.717, 1.165) is 69.7 Å². The quantitative estimate of drug-likeness (QED) is 0.196.